The first-order chi connectivity index (χ1) is 9.17. The van der Waals surface area contributed by atoms with Crippen LogP contribution in [0.4, 0.5) is 8.78 Å². The lowest BCUT2D eigenvalue weighted by molar-refractivity contribution is 0.583. The van der Waals surface area contributed by atoms with Gasteiger partial charge in [0.25, 0.3) is 0 Å². The average molecular weight is 269 g/mol. The van der Waals surface area contributed by atoms with Crippen molar-refractivity contribution in [1.29, 1.82) is 0 Å². The standard InChI is InChI=1S/C14H21F2N3/c1-3-4-8-18-14(17-2)19-9-7-11-10-12(15)5-6-13(11)16/h5-6,10H,3-4,7-9H2,1-2H3,(H2,17,18,19). The fraction of sp³-hybridized carbons (Fsp3) is 0.500. The second kappa shape index (κ2) is 8.45. The minimum atomic E-state index is -0.415. The lowest BCUT2D eigenvalue weighted by Crippen LogP contribution is -2.38. The molecule has 0 amide bonds. The van der Waals surface area contributed by atoms with Gasteiger partial charge in [-0.15, -0.1) is 0 Å². The minimum absolute atomic E-state index is 0.372. The summed E-state index contributed by atoms with van der Waals surface area (Å²) in [5, 5.41) is 6.23. The van der Waals surface area contributed by atoms with Gasteiger partial charge in [0.2, 0.25) is 0 Å². The largest absolute Gasteiger partial charge is 0.356 e. The lowest BCUT2D eigenvalue weighted by Gasteiger charge is -2.11. The molecular weight excluding hydrogens is 248 g/mol. The summed E-state index contributed by atoms with van der Waals surface area (Å²) in [6.07, 6.45) is 2.59. The number of unbranched alkanes of at least 4 members (excludes halogenated alkanes) is 1. The van der Waals surface area contributed by atoms with Gasteiger partial charge in [0.1, 0.15) is 11.6 Å². The van der Waals surface area contributed by atoms with Crippen LogP contribution in [-0.4, -0.2) is 26.1 Å². The van der Waals surface area contributed by atoms with E-state index in [0.29, 0.717) is 24.5 Å². The second-order valence-corrected chi connectivity index (χ2v) is 4.27. The number of hydrogen-bond acceptors (Lipinski definition) is 1. The number of aliphatic imine (C=N–C) groups is 1. The van der Waals surface area contributed by atoms with Gasteiger partial charge in [0, 0.05) is 20.1 Å². The molecule has 3 nitrogen and oxygen atoms in total. The highest BCUT2D eigenvalue weighted by Gasteiger charge is 2.04. The van der Waals surface area contributed by atoms with E-state index < -0.39 is 5.82 Å². The molecule has 19 heavy (non-hydrogen) atoms. The van der Waals surface area contributed by atoms with Gasteiger partial charge in [-0.05, 0) is 36.6 Å². The quantitative estimate of drug-likeness (QED) is 0.473. The summed E-state index contributed by atoms with van der Waals surface area (Å²) in [6.45, 7) is 3.47. The molecular formula is C14H21F2N3. The van der Waals surface area contributed by atoms with Crippen LogP contribution in [0.5, 0.6) is 0 Å². The number of nitrogens with one attached hydrogen (secondary N) is 2. The molecule has 0 aliphatic rings. The van der Waals surface area contributed by atoms with E-state index in [9.17, 15) is 8.78 Å². The topological polar surface area (TPSA) is 36.4 Å². The van der Waals surface area contributed by atoms with E-state index in [1.165, 1.54) is 6.07 Å². The van der Waals surface area contributed by atoms with Gasteiger partial charge in [-0.3, -0.25) is 4.99 Å². The van der Waals surface area contributed by atoms with E-state index in [1.807, 2.05) is 0 Å². The molecule has 5 heteroatoms. The minimum Gasteiger partial charge on any atom is -0.356 e. The molecule has 1 aromatic carbocycles. The van der Waals surface area contributed by atoms with E-state index in [0.717, 1.165) is 31.5 Å². The summed E-state index contributed by atoms with van der Waals surface area (Å²) >= 11 is 0. The Bertz CT molecular complexity index is 419. The normalized spacial score (nSPS) is 11.5. The first-order valence-corrected chi connectivity index (χ1v) is 6.55. The van der Waals surface area contributed by atoms with Crippen molar-refractivity contribution >= 4 is 5.96 Å². The molecule has 1 aromatic rings. The summed E-state index contributed by atoms with van der Waals surface area (Å²) in [6, 6.07) is 3.50. The van der Waals surface area contributed by atoms with E-state index in [-0.39, 0.29) is 5.82 Å². The molecule has 106 valence electrons. The maximum atomic E-state index is 13.4. The molecule has 0 spiro atoms. The fourth-order valence-corrected chi connectivity index (χ4v) is 1.65. The van der Waals surface area contributed by atoms with E-state index in [4.69, 9.17) is 0 Å². The van der Waals surface area contributed by atoms with E-state index >= 15 is 0 Å². The molecule has 0 atom stereocenters. The molecule has 0 saturated heterocycles. The molecule has 1 rings (SSSR count). The highest BCUT2D eigenvalue weighted by molar-refractivity contribution is 5.79. The molecule has 0 fully saturated rings. The van der Waals surface area contributed by atoms with Crippen molar-refractivity contribution in [2.45, 2.75) is 26.2 Å². The molecule has 2 N–H and O–H groups in total. The van der Waals surface area contributed by atoms with Gasteiger partial charge < -0.3 is 10.6 Å². The summed E-state index contributed by atoms with van der Waals surface area (Å²) in [7, 11) is 1.68. The fourth-order valence-electron chi connectivity index (χ4n) is 1.65. The van der Waals surface area contributed by atoms with Crippen LogP contribution in [-0.2, 0) is 6.42 Å². The maximum absolute atomic E-state index is 13.4. The van der Waals surface area contributed by atoms with Crippen molar-refractivity contribution in [2.24, 2.45) is 4.99 Å². The number of guanidine groups is 1. The predicted molar refractivity (Wildman–Crippen MR) is 74.3 cm³/mol. The van der Waals surface area contributed by atoms with Gasteiger partial charge in [-0.1, -0.05) is 13.3 Å². The van der Waals surface area contributed by atoms with Crippen LogP contribution in [0, 0.1) is 11.6 Å². The molecule has 0 aliphatic carbocycles. The van der Waals surface area contributed by atoms with Gasteiger partial charge in [-0.25, -0.2) is 8.78 Å². The van der Waals surface area contributed by atoms with Crippen molar-refractivity contribution in [2.75, 3.05) is 20.1 Å². The smallest absolute Gasteiger partial charge is 0.190 e. The monoisotopic (exact) mass is 269 g/mol. The Balaban J connectivity index is 2.38. The third kappa shape index (κ3) is 5.68. The van der Waals surface area contributed by atoms with Crippen molar-refractivity contribution in [3.05, 3.63) is 35.4 Å². The van der Waals surface area contributed by atoms with Crippen molar-refractivity contribution < 1.29 is 8.78 Å². The zero-order chi connectivity index (χ0) is 14.1. The van der Waals surface area contributed by atoms with Crippen LogP contribution in [0.2, 0.25) is 0 Å². The lowest BCUT2D eigenvalue weighted by atomic mass is 10.1. The molecule has 0 saturated carbocycles. The van der Waals surface area contributed by atoms with Gasteiger partial charge in [-0.2, -0.15) is 0 Å². The summed E-state index contributed by atoms with van der Waals surface area (Å²) < 4.78 is 26.4. The molecule has 0 aliphatic heterocycles. The van der Waals surface area contributed by atoms with Crippen LogP contribution in [0.25, 0.3) is 0 Å². The number of rotatable bonds is 6. The number of benzene rings is 1. The van der Waals surface area contributed by atoms with Crippen molar-refractivity contribution in [3.63, 3.8) is 0 Å². The SMILES string of the molecule is CCCCNC(=NC)NCCc1cc(F)ccc1F. The Hall–Kier alpha value is -1.65. The average Bonchev–Trinajstić information content (AvgIpc) is 2.41. The highest BCUT2D eigenvalue weighted by Crippen LogP contribution is 2.09. The second-order valence-electron chi connectivity index (χ2n) is 4.27. The Labute approximate surface area is 113 Å². The van der Waals surface area contributed by atoms with Crippen LogP contribution >= 0.6 is 0 Å². The highest BCUT2D eigenvalue weighted by atomic mass is 19.1. The Morgan fingerprint density at radius 1 is 1.21 bits per heavy atom. The van der Waals surface area contributed by atoms with E-state index in [2.05, 4.69) is 22.5 Å². The van der Waals surface area contributed by atoms with Crippen LogP contribution in [0.1, 0.15) is 25.3 Å². The first kappa shape index (κ1) is 15.4. The van der Waals surface area contributed by atoms with Crippen LogP contribution in [0.3, 0.4) is 0 Å². The third-order valence-electron chi connectivity index (χ3n) is 2.74. The van der Waals surface area contributed by atoms with Crippen LogP contribution < -0.4 is 10.6 Å². The maximum Gasteiger partial charge on any atom is 0.190 e. The number of nitrogens with zero attached hydrogens (tertiary/aromatic N) is 1. The van der Waals surface area contributed by atoms with E-state index in [1.54, 1.807) is 7.05 Å². The Morgan fingerprint density at radius 3 is 2.63 bits per heavy atom. The van der Waals surface area contributed by atoms with Gasteiger partial charge in [0.05, 0.1) is 0 Å². The zero-order valence-corrected chi connectivity index (χ0v) is 11.5. The molecule has 0 unspecified atom stereocenters. The predicted octanol–water partition coefficient (Wildman–Crippen LogP) is 2.47. The summed E-state index contributed by atoms with van der Waals surface area (Å²) in [4.78, 5) is 4.06. The van der Waals surface area contributed by atoms with Crippen molar-refractivity contribution in [1.82, 2.24) is 10.6 Å². The third-order valence-corrected chi connectivity index (χ3v) is 2.74. The Kier molecular flexibility index (Phi) is 6.85. The number of hydrogen-bond donors (Lipinski definition) is 2. The van der Waals surface area contributed by atoms with Gasteiger partial charge >= 0.3 is 0 Å². The summed E-state index contributed by atoms with van der Waals surface area (Å²) in [5.74, 6) is -0.107. The number of halogens is 2. The van der Waals surface area contributed by atoms with Crippen molar-refractivity contribution in [3.8, 4) is 0 Å². The van der Waals surface area contributed by atoms with Gasteiger partial charge in [0.15, 0.2) is 5.96 Å². The molecule has 0 radical (unpaired) electrons. The molecule has 0 heterocycles. The first-order valence-electron chi connectivity index (χ1n) is 6.55. The molecule has 0 aromatic heterocycles. The van der Waals surface area contributed by atoms with Crippen LogP contribution in [0.15, 0.2) is 23.2 Å². The Morgan fingerprint density at radius 2 is 1.95 bits per heavy atom. The zero-order valence-electron chi connectivity index (χ0n) is 11.5. The molecule has 0 bridgehead atoms. The summed E-state index contributed by atoms with van der Waals surface area (Å²) in [5.41, 5.74) is 0.372.